The van der Waals surface area contributed by atoms with Gasteiger partial charge in [-0.05, 0) is 38.5 Å². The Bertz CT molecular complexity index is 265. The van der Waals surface area contributed by atoms with E-state index in [4.69, 9.17) is 4.74 Å². The number of piperidine rings is 2. The predicted molar refractivity (Wildman–Crippen MR) is 71.5 cm³/mol. The van der Waals surface area contributed by atoms with Gasteiger partial charge in [-0.25, -0.2) is 0 Å². The van der Waals surface area contributed by atoms with Crippen LogP contribution in [0, 0.1) is 5.92 Å². The molecule has 2 rings (SSSR count). The minimum Gasteiger partial charge on any atom is -0.465 e. The molecule has 0 aliphatic carbocycles. The van der Waals surface area contributed by atoms with Crippen LogP contribution in [0.5, 0.6) is 0 Å². The topological polar surface area (TPSA) is 30.7 Å². The van der Waals surface area contributed by atoms with Crippen LogP contribution in [-0.4, -0.2) is 31.7 Å². The van der Waals surface area contributed by atoms with Crippen molar-refractivity contribution in [2.24, 2.45) is 5.92 Å². The van der Waals surface area contributed by atoms with E-state index in [-0.39, 0.29) is 5.97 Å². The summed E-state index contributed by atoms with van der Waals surface area (Å²) in [6.07, 6.45) is 9.29. The van der Waals surface area contributed by atoms with E-state index in [2.05, 4.69) is 6.92 Å². The van der Waals surface area contributed by atoms with E-state index in [9.17, 15) is 4.79 Å². The molecular weight excluding hydrogens is 226 g/mol. The summed E-state index contributed by atoms with van der Waals surface area (Å²) in [7, 11) is 0. The molecule has 0 spiro atoms. The Morgan fingerprint density at radius 2 is 2.06 bits per heavy atom. The van der Waals surface area contributed by atoms with Gasteiger partial charge in [-0.1, -0.05) is 13.3 Å². The van der Waals surface area contributed by atoms with Gasteiger partial charge >= 0.3 is 5.97 Å². The normalized spacial score (nSPS) is 31.7. The molecule has 1 unspecified atom stereocenters. The molecule has 1 N–H and O–H groups in total. The lowest BCUT2D eigenvalue weighted by Gasteiger charge is -2.41. The second-order valence-electron chi connectivity index (χ2n) is 5.95. The fraction of sp³-hybridized carbons (Fsp3) is 0.933. The highest BCUT2D eigenvalue weighted by molar-refractivity contribution is 5.69. The number of unbranched alkanes of at least 4 members (excludes halogenated alkanes) is 1. The molecule has 3 atom stereocenters. The lowest BCUT2D eigenvalue weighted by atomic mass is 9.84. The first kappa shape index (κ1) is 13.9. The third-order valence-corrected chi connectivity index (χ3v) is 4.62. The molecule has 0 radical (unpaired) electrons. The van der Waals surface area contributed by atoms with Crippen molar-refractivity contribution in [1.29, 1.82) is 0 Å². The van der Waals surface area contributed by atoms with Crippen molar-refractivity contribution >= 4 is 5.97 Å². The lowest BCUT2D eigenvalue weighted by Crippen LogP contribution is -3.18. The van der Waals surface area contributed by atoms with Crippen molar-refractivity contribution < 1.29 is 14.4 Å². The second-order valence-corrected chi connectivity index (χ2v) is 5.95. The van der Waals surface area contributed by atoms with Crippen LogP contribution in [0.1, 0.15) is 58.3 Å². The number of hydrogen-bond donors (Lipinski definition) is 1. The summed E-state index contributed by atoms with van der Waals surface area (Å²) < 4.78 is 5.48. The smallest absolute Gasteiger partial charge is 0.305 e. The van der Waals surface area contributed by atoms with E-state index < -0.39 is 0 Å². The van der Waals surface area contributed by atoms with Gasteiger partial charge in [0, 0.05) is 12.3 Å². The first-order chi connectivity index (χ1) is 8.81. The molecule has 2 heterocycles. The van der Waals surface area contributed by atoms with Crippen LogP contribution in [0.25, 0.3) is 0 Å². The summed E-state index contributed by atoms with van der Waals surface area (Å²) in [5.74, 6) is 0.638. The van der Waals surface area contributed by atoms with Crippen LogP contribution in [-0.2, 0) is 9.53 Å². The minimum absolute atomic E-state index is 0.0137. The van der Waals surface area contributed by atoms with E-state index in [0.717, 1.165) is 18.9 Å². The molecule has 2 aliphatic rings. The van der Waals surface area contributed by atoms with E-state index in [1.807, 2.05) is 0 Å². The Balaban J connectivity index is 1.75. The number of rotatable bonds is 5. The van der Waals surface area contributed by atoms with Crippen LogP contribution in [0.4, 0.5) is 0 Å². The predicted octanol–water partition coefficient (Wildman–Crippen LogP) is 1.57. The van der Waals surface area contributed by atoms with E-state index >= 15 is 0 Å². The summed E-state index contributed by atoms with van der Waals surface area (Å²) >= 11 is 0. The third kappa shape index (κ3) is 3.71. The number of quaternary nitrogens is 1. The van der Waals surface area contributed by atoms with Gasteiger partial charge in [0.1, 0.15) is 0 Å². The average Bonchev–Trinajstić information content (AvgIpc) is 2.42. The summed E-state index contributed by atoms with van der Waals surface area (Å²) in [5.41, 5.74) is 0. The fourth-order valence-corrected chi connectivity index (χ4v) is 3.57. The standard InChI is InChI=1S/C15H27NO2/c1-2-3-9-15(17)18-12-13-7-6-11-16-10-5-4-8-14(13)16/h13-14H,2-12H2,1H3/p+1/t13-,14-/m1/s1. The van der Waals surface area contributed by atoms with Crippen LogP contribution in [0.3, 0.4) is 0 Å². The molecule has 3 nitrogen and oxygen atoms in total. The maximum absolute atomic E-state index is 11.6. The number of hydrogen-bond acceptors (Lipinski definition) is 2. The van der Waals surface area contributed by atoms with Crippen molar-refractivity contribution in [2.45, 2.75) is 64.3 Å². The van der Waals surface area contributed by atoms with Gasteiger partial charge < -0.3 is 9.64 Å². The first-order valence-electron chi connectivity index (χ1n) is 7.81. The summed E-state index contributed by atoms with van der Waals surface area (Å²) in [4.78, 5) is 13.4. The average molecular weight is 254 g/mol. The van der Waals surface area contributed by atoms with Crippen molar-refractivity contribution in [3.8, 4) is 0 Å². The highest BCUT2D eigenvalue weighted by atomic mass is 16.5. The number of carbonyl (C=O) groups excluding carboxylic acids is 1. The van der Waals surface area contributed by atoms with Crippen LogP contribution < -0.4 is 4.90 Å². The molecular formula is C15H28NO2+. The largest absolute Gasteiger partial charge is 0.465 e. The Labute approximate surface area is 111 Å². The Morgan fingerprint density at radius 3 is 2.89 bits per heavy atom. The zero-order valence-corrected chi connectivity index (χ0v) is 11.7. The second kappa shape index (κ2) is 7.13. The first-order valence-corrected chi connectivity index (χ1v) is 7.81. The molecule has 0 aromatic rings. The summed E-state index contributed by atoms with van der Waals surface area (Å²) in [5, 5.41) is 0. The van der Waals surface area contributed by atoms with Crippen LogP contribution >= 0.6 is 0 Å². The maximum Gasteiger partial charge on any atom is 0.305 e. The van der Waals surface area contributed by atoms with Crippen LogP contribution in [0.15, 0.2) is 0 Å². The monoisotopic (exact) mass is 254 g/mol. The highest BCUT2D eigenvalue weighted by Crippen LogP contribution is 2.20. The van der Waals surface area contributed by atoms with Crippen LogP contribution in [0.2, 0.25) is 0 Å². The number of esters is 1. The highest BCUT2D eigenvalue weighted by Gasteiger charge is 2.36. The van der Waals surface area contributed by atoms with Gasteiger partial charge in [-0.15, -0.1) is 0 Å². The Morgan fingerprint density at radius 1 is 1.22 bits per heavy atom. The molecule has 0 bridgehead atoms. The molecule has 2 aliphatic heterocycles. The van der Waals surface area contributed by atoms with Crippen molar-refractivity contribution in [2.75, 3.05) is 19.7 Å². The molecule has 0 aromatic carbocycles. The van der Waals surface area contributed by atoms with Gasteiger partial charge in [0.05, 0.1) is 25.7 Å². The molecule has 2 fully saturated rings. The molecule has 2 saturated heterocycles. The van der Waals surface area contributed by atoms with Gasteiger partial charge in [-0.2, -0.15) is 0 Å². The number of ether oxygens (including phenoxy) is 1. The maximum atomic E-state index is 11.6. The number of carbonyl (C=O) groups is 1. The van der Waals surface area contributed by atoms with Crippen molar-refractivity contribution in [3.05, 3.63) is 0 Å². The molecule has 0 aromatic heterocycles. The Hall–Kier alpha value is -0.570. The van der Waals surface area contributed by atoms with Gasteiger partial charge in [0.25, 0.3) is 0 Å². The van der Waals surface area contributed by atoms with E-state index in [1.165, 1.54) is 45.2 Å². The van der Waals surface area contributed by atoms with Gasteiger partial charge in [0.15, 0.2) is 0 Å². The molecule has 0 amide bonds. The zero-order chi connectivity index (χ0) is 12.8. The van der Waals surface area contributed by atoms with Gasteiger partial charge in [0.2, 0.25) is 0 Å². The number of fused-ring (bicyclic) bond motifs is 1. The number of nitrogens with one attached hydrogen (secondary N) is 1. The fourth-order valence-electron chi connectivity index (χ4n) is 3.57. The lowest BCUT2D eigenvalue weighted by molar-refractivity contribution is -0.940. The van der Waals surface area contributed by atoms with Gasteiger partial charge in [-0.3, -0.25) is 4.79 Å². The Kier molecular flexibility index (Phi) is 5.48. The third-order valence-electron chi connectivity index (χ3n) is 4.62. The quantitative estimate of drug-likeness (QED) is 0.755. The SMILES string of the molecule is CCCCC(=O)OC[C@H]1CCC[NH+]2CCCC[C@H]12. The zero-order valence-electron chi connectivity index (χ0n) is 11.7. The molecule has 104 valence electrons. The van der Waals surface area contributed by atoms with E-state index in [1.54, 1.807) is 4.90 Å². The molecule has 0 saturated carbocycles. The van der Waals surface area contributed by atoms with E-state index in [0.29, 0.717) is 18.9 Å². The molecule has 18 heavy (non-hydrogen) atoms. The van der Waals surface area contributed by atoms with Crippen molar-refractivity contribution in [3.63, 3.8) is 0 Å². The minimum atomic E-state index is 0.0137. The summed E-state index contributed by atoms with van der Waals surface area (Å²) in [6, 6.07) is 0.770. The molecule has 3 heteroatoms. The van der Waals surface area contributed by atoms with Crippen molar-refractivity contribution in [1.82, 2.24) is 0 Å². The summed E-state index contributed by atoms with van der Waals surface area (Å²) in [6.45, 7) is 5.46.